The third-order valence-corrected chi connectivity index (χ3v) is 6.11. The molecule has 1 fully saturated rings. The molecule has 0 amide bonds. The summed E-state index contributed by atoms with van der Waals surface area (Å²) in [5.74, 6) is 0. The summed E-state index contributed by atoms with van der Waals surface area (Å²) >= 11 is 5.32. The van der Waals surface area contributed by atoms with Crippen LogP contribution in [-0.4, -0.2) is 22.5 Å². The first-order valence-corrected chi connectivity index (χ1v) is 9.27. The van der Waals surface area contributed by atoms with Crippen molar-refractivity contribution in [3.63, 3.8) is 0 Å². The van der Waals surface area contributed by atoms with Crippen LogP contribution in [0.2, 0.25) is 0 Å². The number of nitrogens with one attached hydrogen (secondary N) is 1. The van der Waals surface area contributed by atoms with E-state index in [1.54, 1.807) is 12.1 Å². The average Bonchev–Trinajstić information content (AvgIpc) is 2.48. The van der Waals surface area contributed by atoms with Crippen molar-refractivity contribution in [2.75, 3.05) is 12.8 Å². The molecule has 1 aliphatic rings. The third-order valence-electron chi connectivity index (χ3n) is 4.20. The maximum Gasteiger partial charge on any atom is 0.273 e. The second kappa shape index (κ2) is 7.61. The van der Waals surface area contributed by atoms with Crippen molar-refractivity contribution in [3.05, 3.63) is 38.3 Å². The van der Waals surface area contributed by atoms with E-state index >= 15 is 0 Å². The second-order valence-corrected chi connectivity index (χ2v) is 7.77. The number of hydrogen-bond donors (Lipinski definition) is 1. The Morgan fingerprint density at radius 1 is 1.38 bits per heavy atom. The van der Waals surface area contributed by atoms with Gasteiger partial charge in [0.15, 0.2) is 0 Å². The van der Waals surface area contributed by atoms with Crippen molar-refractivity contribution in [2.24, 2.45) is 0 Å². The molecule has 1 saturated carbocycles. The van der Waals surface area contributed by atoms with Gasteiger partial charge in [0.25, 0.3) is 5.69 Å². The number of benzene rings is 1. The zero-order chi connectivity index (χ0) is 15.3. The molecule has 1 aromatic carbocycles. The van der Waals surface area contributed by atoms with Gasteiger partial charge in [0.2, 0.25) is 0 Å². The second-order valence-electron chi connectivity index (χ2n) is 5.58. The van der Waals surface area contributed by atoms with Crippen LogP contribution in [0.5, 0.6) is 0 Å². The molecular weight excluding hydrogens is 352 g/mol. The van der Waals surface area contributed by atoms with E-state index in [0.717, 1.165) is 16.6 Å². The molecule has 0 atom stereocenters. The molecular formula is C15H21BrN2O2S. The number of thioether (sulfide) groups is 1. The van der Waals surface area contributed by atoms with Crippen LogP contribution < -0.4 is 5.32 Å². The first-order valence-electron chi connectivity index (χ1n) is 7.25. The van der Waals surface area contributed by atoms with Crippen molar-refractivity contribution in [1.82, 2.24) is 5.32 Å². The van der Waals surface area contributed by atoms with Gasteiger partial charge in [-0.15, -0.1) is 0 Å². The van der Waals surface area contributed by atoms with Crippen LogP contribution in [0.15, 0.2) is 22.7 Å². The Morgan fingerprint density at radius 2 is 2.10 bits per heavy atom. The summed E-state index contributed by atoms with van der Waals surface area (Å²) in [5.41, 5.74) is 0.925. The van der Waals surface area contributed by atoms with Crippen LogP contribution in [0, 0.1) is 10.1 Å². The van der Waals surface area contributed by atoms with Gasteiger partial charge in [-0.3, -0.25) is 10.1 Å². The van der Waals surface area contributed by atoms with E-state index in [-0.39, 0.29) is 10.6 Å². The first kappa shape index (κ1) is 16.8. The van der Waals surface area contributed by atoms with Crippen molar-refractivity contribution in [2.45, 2.75) is 43.4 Å². The smallest absolute Gasteiger partial charge is 0.273 e. The summed E-state index contributed by atoms with van der Waals surface area (Å²) in [6.07, 6.45) is 8.57. The Kier molecular flexibility index (Phi) is 6.08. The molecule has 0 heterocycles. The molecule has 0 aliphatic heterocycles. The maximum atomic E-state index is 11.1. The lowest BCUT2D eigenvalue weighted by Crippen LogP contribution is -2.39. The number of nitro groups is 1. The van der Waals surface area contributed by atoms with E-state index in [9.17, 15) is 10.1 Å². The summed E-state index contributed by atoms with van der Waals surface area (Å²) in [6.45, 7) is 1.45. The minimum Gasteiger partial charge on any atom is -0.311 e. The summed E-state index contributed by atoms with van der Waals surface area (Å²) in [4.78, 5) is 10.8. The number of hydrogen-bond acceptors (Lipinski definition) is 4. The molecule has 4 nitrogen and oxygen atoms in total. The Hall–Kier alpha value is -0.590. The van der Waals surface area contributed by atoms with Crippen LogP contribution in [0.3, 0.4) is 0 Å². The summed E-state index contributed by atoms with van der Waals surface area (Å²) in [6, 6.07) is 5.11. The molecule has 2 rings (SSSR count). The van der Waals surface area contributed by atoms with Crippen LogP contribution in [0.4, 0.5) is 5.69 Å². The minimum absolute atomic E-state index is 0.188. The number of nitrogens with zero attached hydrogens (tertiary/aromatic N) is 1. The Labute approximate surface area is 138 Å². The first-order chi connectivity index (χ1) is 10.1. The van der Waals surface area contributed by atoms with Crippen molar-refractivity contribution in [3.8, 4) is 0 Å². The maximum absolute atomic E-state index is 11.1. The number of halogens is 1. The molecule has 1 aromatic rings. The molecule has 6 heteroatoms. The molecule has 0 spiro atoms. The lowest BCUT2D eigenvalue weighted by Gasteiger charge is -2.36. The highest BCUT2D eigenvalue weighted by Crippen LogP contribution is 2.38. The van der Waals surface area contributed by atoms with Crippen molar-refractivity contribution in [1.29, 1.82) is 0 Å². The Morgan fingerprint density at radius 3 is 2.71 bits per heavy atom. The fraction of sp³-hybridized carbons (Fsp3) is 0.600. The van der Waals surface area contributed by atoms with Gasteiger partial charge in [-0.25, -0.2) is 0 Å². The quantitative estimate of drug-likeness (QED) is 0.589. The van der Waals surface area contributed by atoms with Gasteiger partial charge in [0, 0.05) is 33.9 Å². The Balaban J connectivity index is 1.99. The minimum atomic E-state index is -0.311. The lowest BCUT2D eigenvalue weighted by atomic mass is 9.88. The van der Waals surface area contributed by atoms with E-state index in [2.05, 4.69) is 27.5 Å². The molecule has 0 bridgehead atoms. The molecule has 0 radical (unpaired) electrons. The largest absolute Gasteiger partial charge is 0.311 e. The van der Waals surface area contributed by atoms with Crippen LogP contribution in [0.25, 0.3) is 0 Å². The van der Waals surface area contributed by atoms with E-state index in [1.165, 1.54) is 32.1 Å². The standard InChI is InChI=1S/C15H21BrN2O2S/c1-21-15(7-3-2-4-8-15)11-17-10-12-9-13(16)5-6-14(12)18(19)20/h5-6,9,17H,2-4,7-8,10-11H2,1H3. The molecule has 1 aliphatic carbocycles. The van der Waals surface area contributed by atoms with Crippen molar-refractivity contribution >= 4 is 33.4 Å². The van der Waals surface area contributed by atoms with Gasteiger partial charge in [0.05, 0.1) is 4.92 Å². The normalized spacial score (nSPS) is 17.6. The summed E-state index contributed by atoms with van der Waals surface area (Å²) < 4.78 is 1.18. The number of rotatable bonds is 6. The highest BCUT2D eigenvalue weighted by atomic mass is 79.9. The highest BCUT2D eigenvalue weighted by molar-refractivity contribution is 9.10. The zero-order valence-electron chi connectivity index (χ0n) is 12.2. The Bertz CT molecular complexity index is 504. The van der Waals surface area contributed by atoms with Gasteiger partial charge >= 0.3 is 0 Å². The van der Waals surface area contributed by atoms with Gasteiger partial charge in [-0.2, -0.15) is 11.8 Å². The van der Waals surface area contributed by atoms with Gasteiger partial charge < -0.3 is 5.32 Å². The molecule has 116 valence electrons. The van der Waals surface area contributed by atoms with E-state index < -0.39 is 0 Å². The van der Waals surface area contributed by atoms with Crippen LogP contribution >= 0.6 is 27.7 Å². The van der Waals surface area contributed by atoms with Gasteiger partial charge in [0.1, 0.15) is 0 Å². The lowest BCUT2D eigenvalue weighted by molar-refractivity contribution is -0.385. The zero-order valence-corrected chi connectivity index (χ0v) is 14.6. The molecule has 0 saturated heterocycles. The molecule has 0 aromatic heterocycles. The van der Waals surface area contributed by atoms with Crippen LogP contribution in [0.1, 0.15) is 37.7 Å². The molecule has 21 heavy (non-hydrogen) atoms. The van der Waals surface area contributed by atoms with Crippen LogP contribution in [-0.2, 0) is 6.54 Å². The topological polar surface area (TPSA) is 55.2 Å². The fourth-order valence-electron chi connectivity index (χ4n) is 2.95. The third kappa shape index (κ3) is 4.44. The van der Waals surface area contributed by atoms with E-state index in [0.29, 0.717) is 11.3 Å². The fourth-order valence-corrected chi connectivity index (χ4v) is 4.30. The van der Waals surface area contributed by atoms with Crippen molar-refractivity contribution < 1.29 is 4.92 Å². The predicted octanol–water partition coefficient (Wildman–Crippen LogP) is 4.51. The van der Waals surface area contributed by atoms with E-state index in [4.69, 9.17) is 0 Å². The number of nitro benzene ring substituents is 1. The highest BCUT2D eigenvalue weighted by Gasteiger charge is 2.30. The summed E-state index contributed by atoms with van der Waals surface area (Å²) in [5, 5.41) is 14.5. The van der Waals surface area contributed by atoms with E-state index in [1.807, 2.05) is 17.8 Å². The summed E-state index contributed by atoms with van der Waals surface area (Å²) in [7, 11) is 0. The molecule has 0 unspecified atom stereocenters. The molecule has 1 N–H and O–H groups in total. The van der Waals surface area contributed by atoms with Gasteiger partial charge in [-0.05, 0) is 31.2 Å². The van der Waals surface area contributed by atoms with Gasteiger partial charge in [-0.1, -0.05) is 35.2 Å². The predicted molar refractivity (Wildman–Crippen MR) is 91.8 cm³/mol. The monoisotopic (exact) mass is 372 g/mol. The SMILES string of the molecule is CSC1(CNCc2cc(Br)ccc2[N+](=O)[O-])CCCCC1. The average molecular weight is 373 g/mol.